The van der Waals surface area contributed by atoms with Crippen LogP contribution in [0.5, 0.6) is 5.75 Å². The molecule has 2 aliphatic rings. The smallest absolute Gasteiger partial charge is 0.422 e. The van der Waals surface area contributed by atoms with Crippen LogP contribution in [0, 0.1) is 35.3 Å². The van der Waals surface area contributed by atoms with Gasteiger partial charge in [0.2, 0.25) is 0 Å². The lowest BCUT2D eigenvalue weighted by Gasteiger charge is -2.28. The second-order valence-electron chi connectivity index (χ2n) is 9.95. The van der Waals surface area contributed by atoms with Crippen molar-refractivity contribution in [3.05, 3.63) is 41.5 Å². The molecule has 1 aromatic rings. The number of esters is 1. The zero-order chi connectivity index (χ0) is 24.7. The Hall–Kier alpha value is -1.92. The summed E-state index contributed by atoms with van der Waals surface area (Å²) in [6.07, 6.45) is 12.7. The van der Waals surface area contributed by atoms with E-state index in [1.807, 2.05) is 0 Å². The molecule has 0 aromatic heterocycles. The Labute approximate surface area is 198 Å². The van der Waals surface area contributed by atoms with E-state index in [9.17, 15) is 26.7 Å². The summed E-state index contributed by atoms with van der Waals surface area (Å²) in [6, 6.07) is 0.827. The summed E-state index contributed by atoms with van der Waals surface area (Å²) < 4.78 is 70.5. The first-order chi connectivity index (χ1) is 16.2. The largest absolute Gasteiger partial charge is 0.426 e. The summed E-state index contributed by atoms with van der Waals surface area (Å²) in [5.74, 6) is -3.29. The van der Waals surface area contributed by atoms with Crippen molar-refractivity contribution >= 4 is 5.97 Å². The van der Waals surface area contributed by atoms with E-state index < -0.39 is 41.0 Å². The van der Waals surface area contributed by atoms with Gasteiger partial charge < -0.3 is 4.74 Å². The molecule has 2 fully saturated rings. The molecular formula is C27H35F5O2. The van der Waals surface area contributed by atoms with Gasteiger partial charge in [0, 0.05) is 12.1 Å². The van der Waals surface area contributed by atoms with Crippen molar-refractivity contribution in [3.63, 3.8) is 0 Å². The fourth-order valence-corrected chi connectivity index (χ4v) is 5.29. The number of allylic oxidation sites excluding steroid dienone is 2. The number of carbonyl (C=O) groups is 1. The van der Waals surface area contributed by atoms with Gasteiger partial charge >= 0.3 is 12.1 Å². The van der Waals surface area contributed by atoms with E-state index in [1.54, 1.807) is 0 Å². The quantitative estimate of drug-likeness (QED) is 0.121. The van der Waals surface area contributed by atoms with Crippen LogP contribution in [0.1, 0.15) is 89.5 Å². The van der Waals surface area contributed by atoms with E-state index in [0.29, 0.717) is 36.8 Å². The summed E-state index contributed by atoms with van der Waals surface area (Å²) >= 11 is 0. The second-order valence-corrected chi connectivity index (χ2v) is 9.95. The third kappa shape index (κ3) is 7.54. The van der Waals surface area contributed by atoms with Crippen molar-refractivity contribution in [2.75, 3.05) is 0 Å². The number of unbranched alkanes of at least 4 members (excludes halogenated alkanes) is 2. The average molecular weight is 487 g/mol. The number of halogens is 5. The molecule has 34 heavy (non-hydrogen) atoms. The van der Waals surface area contributed by atoms with Crippen molar-refractivity contribution in [2.45, 2.75) is 90.1 Å². The summed E-state index contributed by atoms with van der Waals surface area (Å²) in [5.41, 5.74) is -1.98. The molecule has 0 aliphatic heterocycles. The van der Waals surface area contributed by atoms with Crippen LogP contribution < -0.4 is 4.74 Å². The van der Waals surface area contributed by atoms with Crippen LogP contribution in [0.4, 0.5) is 22.0 Å². The number of hydrogen-bond donors (Lipinski definition) is 0. The Balaban J connectivity index is 1.42. The van der Waals surface area contributed by atoms with Crippen molar-refractivity contribution in [3.8, 4) is 5.75 Å². The maximum atomic E-state index is 13.7. The van der Waals surface area contributed by atoms with E-state index in [2.05, 4.69) is 19.1 Å². The van der Waals surface area contributed by atoms with Gasteiger partial charge in [-0.2, -0.15) is 13.2 Å². The predicted octanol–water partition coefficient (Wildman–Crippen LogP) is 8.64. The van der Waals surface area contributed by atoms with Crippen molar-refractivity contribution in [1.29, 1.82) is 0 Å². The van der Waals surface area contributed by atoms with Crippen LogP contribution in [0.2, 0.25) is 0 Å². The first kappa shape index (κ1) is 26.7. The highest BCUT2D eigenvalue weighted by atomic mass is 19.4. The number of ether oxygens (including phenoxy) is 1. The third-order valence-corrected chi connectivity index (χ3v) is 7.39. The van der Waals surface area contributed by atoms with E-state index in [-0.39, 0.29) is 0 Å². The molecule has 0 N–H and O–H groups in total. The van der Waals surface area contributed by atoms with Crippen LogP contribution >= 0.6 is 0 Å². The Bertz CT molecular complexity index is 809. The number of carbonyl (C=O) groups excluding carboxylic acids is 1. The van der Waals surface area contributed by atoms with E-state index in [4.69, 9.17) is 4.74 Å². The topological polar surface area (TPSA) is 26.3 Å². The van der Waals surface area contributed by atoms with Crippen molar-refractivity contribution in [2.24, 2.45) is 23.7 Å². The minimum atomic E-state index is -5.16. The zero-order valence-electron chi connectivity index (χ0n) is 19.8. The van der Waals surface area contributed by atoms with Crippen molar-refractivity contribution < 1.29 is 31.5 Å². The van der Waals surface area contributed by atoms with Crippen LogP contribution in [-0.2, 0) is 11.0 Å². The normalized spacial score (nSPS) is 26.1. The van der Waals surface area contributed by atoms with Crippen LogP contribution in [0.3, 0.4) is 0 Å². The molecule has 0 saturated heterocycles. The highest BCUT2D eigenvalue weighted by Gasteiger charge is 2.38. The highest BCUT2D eigenvalue weighted by Crippen LogP contribution is 2.37. The van der Waals surface area contributed by atoms with Crippen molar-refractivity contribution in [1.82, 2.24) is 0 Å². The molecule has 190 valence electrons. The van der Waals surface area contributed by atoms with Crippen LogP contribution in [0.15, 0.2) is 24.3 Å². The number of benzene rings is 1. The second kappa shape index (κ2) is 12.2. The maximum absolute atomic E-state index is 13.7. The Kier molecular flexibility index (Phi) is 9.55. The number of rotatable bonds is 8. The van der Waals surface area contributed by atoms with Gasteiger partial charge in [-0.3, -0.25) is 4.79 Å². The van der Waals surface area contributed by atoms with E-state index >= 15 is 0 Å². The molecule has 7 heteroatoms. The van der Waals surface area contributed by atoms with Gasteiger partial charge in [-0.1, -0.05) is 44.8 Å². The number of alkyl halides is 3. The monoisotopic (exact) mass is 486 g/mol. The van der Waals surface area contributed by atoms with Gasteiger partial charge in [0.1, 0.15) is 22.9 Å². The summed E-state index contributed by atoms with van der Waals surface area (Å²) in [7, 11) is 0. The van der Waals surface area contributed by atoms with Gasteiger partial charge in [-0.25, -0.2) is 8.78 Å². The third-order valence-electron chi connectivity index (χ3n) is 7.39. The number of hydrogen-bond acceptors (Lipinski definition) is 2. The Morgan fingerprint density at radius 2 is 1.44 bits per heavy atom. The molecule has 0 amide bonds. The first-order valence-electron chi connectivity index (χ1n) is 12.6. The average Bonchev–Trinajstić information content (AvgIpc) is 2.77. The van der Waals surface area contributed by atoms with Gasteiger partial charge in [0.15, 0.2) is 0 Å². The minimum absolute atomic E-state index is 0.396. The molecule has 0 spiro atoms. The van der Waals surface area contributed by atoms with Gasteiger partial charge in [0.25, 0.3) is 0 Å². The molecule has 0 atom stereocenters. The standard InChI is InChI=1S/C27H35F5O2/c1-2-3-4-5-18-6-8-19(9-7-18)10-11-20-12-14-21(15-13-20)26(33)34-22-16-23(28)25(24(29)17-22)27(30,31)32/h10-11,16-21H,2-9,12-15H2,1H3/b11-10+. The molecule has 2 saturated carbocycles. The molecule has 0 bridgehead atoms. The lowest BCUT2D eigenvalue weighted by Crippen LogP contribution is -2.25. The van der Waals surface area contributed by atoms with Crippen LogP contribution in [0.25, 0.3) is 0 Å². The fraction of sp³-hybridized carbons (Fsp3) is 0.667. The fourth-order valence-electron chi connectivity index (χ4n) is 5.29. The molecule has 0 heterocycles. The highest BCUT2D eigenvalue weighted by molar-refractivity contribution is 5.75. The molecule has 0 unspecified atom stereocenters. The zero-order valence-corrected chi connectivity index (χ0v) is 19.8. The lowest BCUT2D eigenvalue weighted by molar-refractivity contribution is -0.142. The van der Waals surface area contributed by atoms with E-state index in [0.717, 1.165) is 18.8 Å². The first-order valence-corrected chi connectivity index (χ1v) is 12.6. The van der Waals surface area contributed by atoms with Crippen LogP contribution in [-0.4, -0.2) is 5.97 Å². The molecule has 2 aliphatic carbocycles. The maximum Gasteiger partial charge on any atom is 0.422 e. The van der Waals surface area contributed by atoms with Gasteiger partial charge in [-0.05, 0) is 69.1 Å². The molecule has 0 radical (unpaired) electrons. The Morgan fingerprint density at radius 3 is 1.94 bits per heavy atom. The van der Waals surface area contributed by atoms with E-state index in [1.165, 1.54) is 51.4 Å². The SMILES string of the molecule is CCCCCC1CCC(/C=C/C2CCC(C(=O)Oc3cc(F)c(C(F)(F)F)c(F)c3)CC2)CC1. The predicted molar refractivity (Wildman–Crippen MR) is 121 cm³/mol. The molecule has 1 aromatic carbocycles. The summed E-state index contributed by atoms with van der Waals surface area (Å²) in [6.45, 7) is 2.24. The Morgan fingerprint density at radius 1 is 0.912 bits per heavy atom. The molecule has 3 rings (SSSR count). The molecule has 2 nitrogen and oxygen atoms in total. The minimum Gasteiger partial charge on any atom is -0.426 e. The summed E-state index contributed by atoms with van der Waals surface area (Å²) in [5, 5.41) is 0. The lowest BCUT2D eigenvalue weighted by atomic mass is 9.78. The molecular weight excluding hydrogens is 451 g/mol. The summed E-state index contributed by atoms with van der Waals surface area (Å²) in [4.78, 5) is 12.4. The van der Waals surface area contributed by atoms with Gasteiger partial charge in [0.05, 0.1) is 5.92 Å². The van der Waals surface area contributed by atoms with Gasteiger partial charge in [-0.15, -0.1) is 0 Å².